The normalized spacial score (nSPS) is 10.5. The predicted octanol–water partition coefficient (Wildman–Crippen LogP) is 3.75. The molecule has 0 saturated carbocycles. The van der Waals surface area contributed by atoms with Gasteiger partial charge in [-0.25, -0.2) is 4.79 Å². The first-order valence-corrected chi connectivity index (χ1v) is 9.10. The first-order chi connectivity index (χ1) is 14.3. The molecule has 0 aliphatic rings. The number of hydrogen-bond acceptors (Lipinski definition) is 5. The number of para-hydroxylation sites is 1. The molecule has 8 heteroatoms. The molecule has 0 radical (unpaired) electrons. The molecule has 2 aromatic carbocycles. The zero-order chi connectivity index (χ0) is 22.3. The molecule has 0 heterocycles. The Balaban J connectivity index is 2.63. The number of anilines is 1. The summed E-state index contributed by atoms with van der Waals surface area (Å²) in [5, 5.41) is 9.09. The van der Waals surface area contributed by atoms with E-state index in [4.69, 9.17) is 26.2 Å². The SMILES string of the molecule is C=CCN(C(=O)/C=C/C(=O)O)c1ccc(Cl)cc1C(=O)c1cccc(OC)c1OC. The summed E-state index contributed by atoms with van der Waals surface area (Å²) in [6.07, 6.45) is 3.09. The number of carbonyl (C=O) groups excluding carboxylic acids is 2. The third kappa shape index (κ3) is 5.07. The number of carboxylic acids is 1. The Morgan fingerprint density at radius 1 is 1.10 bits per heavy atom. The first kappa shape index (κ1) is 22.7. The summed E-state index contributed by atoms with van der Waals surface area (Å²) in [5.74, 6) is -1.74. The fourth-order valence-corrected chi connectivity index (χ4v) is 2.98. The summed E-state index contributed by atoms with van der Waals surface area (Å²) in [6, 6.07) is 9.33. The van der Waals surface area contributed by atoms with E-state index in [1.54, 1.807) is 18.2 Å². The zero-order valence-electron chi connectivity index (χ0n) is 16.4. The second-order valence-corrected chi connectivity index (χ2v) is 6.38. The van der Waals surface area contributed by atoms with Crippen molar-refractivity contribution in [2.24, 2.45) is 0 Å². The lowest BCUT2D eigenvalue weighted by Crippen LogP contribution is -2.31. The van der Waals surface area contributed by atoms with Crippen molar-refractivity contribution in [3.05, 3.63) is 77.4 Å². The fourth-order valence-electron chi connectivity index (χ4n) is 2.81. The van der Waals surface area contributed by atoms with Gasteiger partial charge < -0.3 is 19.5 Å². The smallest absolute Gasteiger partial charge is 0.328 e. The molecule has 0 unspecified atom stereocenters. The van der Waals surface area contributed by atoms with E-state index in [2.05, 4.69) is 6.58 Å². The van der Waals surface area contributed by atoms with Crippen LogP contribution in [0.2, 0.25) is 5.02 Å². The molecule has 0 aliphatic heterocycles. The Morgan fingerprint density at radius 2 is 1.83 bits per heavy atom. The highest BCUT2D eigenvalue weighted by Gasteiger charge is 2.24. The Hall–Kier alpha value is -3.58. The summed E-state index contributed by atoms with van der Waals surface area (Å²) in [4.78, 5) is 38.0. The molecule has 7 nitrogen and oxygen atoms in total. The molecule has 0 spiro atoms. The van der Waals surface area contributed by atoms with E-state index in [0.717, 1.165) is 12.2 Å². The van der Waals surface area contributed by atoms with Crippen LogP contribution in [0.3, 0.4) is 0 Å². The Bertz CT molecular complexity index is 1010. The maximum atomic E-state index is 13.4. The third-order valence-corrected chi connectivity index (χ3v) is 4.32. The molecule has 1 N–H and O–H groups in total. The van der Waals surface area contributed by atoms with Gasteiger partial charge in [-0.2, -0.15) is 0 Å². The van der Waals surface area contributed by atoms with E-state index in [9.17, 15) is 14.4 Å². The number of benzene rings is 2. The van der Waals surface area contributed by atoms with Gasteiger partial charge in [0.1, 0.15) is 0 Å². The maximum Gasteiger partial charge on any atom is 0.328 e. The van der Waals surface area contributed by atoms with Gasteiger partial charge in [0, 0.05) is 29.3 Å². The molecule has 2 rings (SSSR count). The molecule has 0 aromatic heterocycles. The minimum atomic E-state index is -1.27. The highest BCUT2D eigenvalue weighted by atomic mass is 35.5. The molecular weight excluding hydrogens is 410 g/mol. The molecule has 0 atom stereocenters. The number of amides is 1. The Morgan fingerprint density at radius 3 is 2.43 bits per heavy atom. The van der Waals surface area contributed by atoms with Gasteiger partial charge in [0.2, 0.25) is 0 Å². The van der Waals surface area contributed by atoms with Gasteiger partial charge in [0.15, 0.2) is 17.3 Å². The van der Waals surface area contributed by atoms with Crippen molar-refractivity contribution < 1.29 is 29.0 Å². The summed E-state index contributed by atoms with van der Waals surface area (Å²) in [5.41, 5.74) is 0.592. The van der Waals surface area contributed by atoms with Crippen molar-refractivity contribution in [2.75, 3.05) is 25.7 Å². The minimum absolute atomic E-state index is 0.0416. The molecule has 1 amide bonds. The highest BCUT2D eigenvalue weighted by molar-refractivity contribution is 6.31. The van der Waals surface area contributed by atoms with Crippen LogP contribution < -0.4 is 14.4 Å². The van der Waals surface area contributed by atoms with Crippen molar-refractivity contribution in [3.8, 4) is 11.5 Å². The molecule has 0 saturated heterocycles. The maximum absolute atomic E-state index is 13.4. The summed E-state index contributed by atoms with van der Waals surface area (Å²) in [7, 11) is 2.87. The quantitative estimate of drug-likeness (QED) is 0.370. The molecule has 2 aromatic rings. The van der Waals surface area contributed by atoms with Gasteiger partial charge in [0.25, 0.3) is 5.91 Å². The van der Waals surface area contributed by atoms with Crippen LogP contribution in [-0.2, 0) is 9.59 Å². The van der Waals surface area contributed by atoms with Gasteiger partial charge in [-0.3, -0.25) is 9.59 Å². The van der Waals surface area contributed by atoms with E-state index >= 15 is 0 Å². The number of aliphatic carboxylic acids is 1. The van der Waals surface area contributed by atoms with Gasteiger partial charge in [-0.15, -0.1) is 6.58 Å². The van der Waals surface area contributed by atoms with Gasteiger partial charge in [0.05, 0.1) is 25.5 Å². The van der Waals surface area contributed by atoms with Crippen LogP contribution >= 0.6 is 11.6 Å². The minimum Gasteiger partial charge on any atom is -0.493 e. The van der Waals surface area contributed by atoms with E-state index in [-0.39, 0.29) is 34.1 Å². The first-order valence-electron chi connectivity index (χ1n) is 8.72. The molecule has 0 aliphatic carbocycles. The molecular formula is C22H20ClNO6. The molecule has 156 valence electrons. The van der Waals surface area contributed by atoms with E-state index in [1.165, 1.54) is 43.4 Å². The zero-order valence-corrected chi connectivity index (χ0v) is 17.2. The second kappa shape index (κ2) is 10.3. The van der Waals surface area contributed by atoms with E-state index in [0.29, 0.717) is 5.75 Å². The van der Waals surface area contributed by atoms with E-state index < -0.39 is 17.7 Å². The lowest BCUT2D eigenvalue weighted by Gasteiger charge is -2.23. The lowest BCUT2D eigenvalue weighted by molar-refractivity contribution is -0.131. The van der Waals surface area contributed by atoms with E-state index in [1.807, 2.05) is 0 Å². The second-order valence-electron chi connectivity index (χ2n) is 5.94. The number of hydrogen-bond donors (Lipinski definition) is 1. The number of methoxy groups -OCH3 is 2. The average molecular weight is 430 g/mol. The number of ketones is 1. The van der Waals surface area contributed by atoms with Crippen LogP contribution in [0.5, 0.6) is 11.5 Å². The van der Waals surface area contributed by atoms with Crippen LogP contribution in [0.15, 0.2) is 61.2 Å². The summed E-state index contributed by atoms with van der Waals surface area (Å²) in [6.45, 7) is 3.66. The number of ether oxygens (including phenoxy) is 2. The van der Waals surface area contributed by atoms with Gasteiger partial charge >= 0.3 is 5.97 Å². The summed E-state index contributed by atoms with van der Waals surface area (Å²) < 4.78 is 10.6. The van der Waals surface area contributed by atoms with Crippen molar-refractivity contribution in [3.63, 3.8) is 0 Å². The van der Waals surface area contributed by atoms with Crippen molar-refractivity contribution >= 4 is 34.9 Å². The van der Waals surface area contributed by atoms with Crippen LogP contribution in [-0.4, -0.2) is 43.5 Å². The number of halogens is 1. The third-order valence-electron chi connectivity index (χ3n) is 4.09. The van der Waals surface area contributed by atoms with Crippen molar-refractivity contribution in [2.45, 2.75) is 0 Å². The van der Waals surface area contributed by atoms with Crippen LogP contribution in [0.1, 0.15) is 15.9 Å². The standard InChI is InChI=1S/C22H20ClNO6/c1-4-12-24(19(25)10-11-20(26)27)17-9-8-14(23)13-16(17)21(28)15-6-5-7-18(29-2)22(15)30-3/h4-11,13H,1,12H2,2-3H3,(H,26,27)/b11-10+. The molecule has 0 fully saturated rings. The van der Waals surface area contributed by atoms with Crippen LogP contribution in [0, 0.1) is 0 Å². The monoisotopic (exact) mass is 429 g/mol. The summed E-state index contributed by atoms with van der Waals surface area (Å²) >= 11 is 6.12. The fraction of sp³-hybridized carbons (Fsp3) is 0.136. The highest BCUT2D eigenvalue weighted by Crippen LogP contribution is 2.35. The van der Waals surface area contributed by atoms with Crippen LogP contribution in [0.4, 0.5) is 5.69 Å². The number of rotatable bonds is 9. The number of nitrogens with zero attached hydrogens (tertiary/aromatic N) is 1. The number of carboxylic acid groups (broad SMARTS) is 1. The molecule has 0 bridgehead atoms. The largest absolute Gasteiger partial charge is 0.493 e. The number of carbonyl (C=O) groups is 3. The topological polar surface area (TPSA) is 93.1 Å². The van der Waals surface area contributed by atoms with Crippen molar-refractivity contribution in [1.29, 1.82) is 0 Å². The molecule has 30 heavy (non-hydrogen) atoms. The Labute approximate surface area is 178 Å². The van der Waals surface area contributed by atoms with Crippen LogP contribution in [0.25, 0.3) is 0 Å². The predicted molar refractivity (Wildman–Crippen MR) is 114 cm³/mol. The Kier molecular flexibility index (Phi) is 7.77. The lowest BCUT2D eigenvalue weighted by atomic mass is 9.99. The van der Waals surface area contributed by atoms with Gasteiger partial charge in [-0.1, -0.05) is 23.7 Å². The van der Waals surface area contributed by atoms with Gasteiger partial charge in [-0.05, 0) is 30.3 Å². The average Bonchev–Trinajstić information content (AvgIpc) is 2.74. The van der Waals surface area contributed by atoms with Crippen molar-refractivity contribution in [1.82, 2.24) is 0 Å².